The quantitative estimate of drug-likeness (QED) is 0.871. The fourth-order valence-corrected chi connectivity index (χ4v) is 4.10. The normalized spacial score (nSPS) is 20.4. The van der Waals surface area contributed by atoms with Crippen molar-refractivity contribution in [1.29, 1.82) is 0 Å². The molecule has 2 aliphatic rings. The third-order valence-corrected chi connectivity index (χ3v) is 5.73. The second-order valence-electron chi connectivity index (χ2n) is 6.35. The molecule has 0 radical (unpaired) electrons. The Balaban J connectivity index is 1.72. The van der Waals surface area contributed by atoms with Crippen molar-refractivity contribution >= 4 is 29.3 Å². The zero-order valence-corrected chi connectivity index (χ0v) is 14.2. The fourth-order valence-electron chi connectivity index (χ4n) is 3.16. The van der Waals surface area contributed by atoms with Gasteiger partial charge in [-0.15, -0.1) is 11.8 Å². The van der Waals surface area contributed by atoms with E-state index in [2.05, 4.69) is 5.32 Å². The zero-order valence-electron chi connectivity index (χ0n) is 13.4. The molecule has 0 aliphatic carbocycles. The highest BCUT2D eigenvalue weighted by molar-refractivity contribution is 7.99. The first-order chi connectivity index (χ1) is 11.0. The number of fused-ring (bicyclic) bond motifs is 1. The number of carbonyl (C=O) groups excluding carboxylic acids is 2. The molecule has 1 fully saturated rings. The molecule has 2 aliphatic heterocycles. The van der Waals surface area contributed by atoms with Gasteiger partial charge in [-0.1, -0.05) is 0 Å². The van der Waals surface area contributed by atoms with Crippen molar-refractivity contribution in [2.45, 2.75) is 37.1 Å². The van der Waals surface area contributed by atoms with Crippen molar-refractivity contribution < 1.29 is 9.59 Å². The van der Waals surface area contributed by atoms with Crippen LogP contribution in [0.1, 0.15) is 36.5 Å². The van der Waals surface area contributed by atoms with E-state index in [1.807, 2.05) is 30.0 Å². The molecule has 3 rings (SSSR count). The van der Waals surface area contributed by atoms with Crippen molar-refractivity contribution in [2.75, 3.05) is 24.2 Å². The number of anilines is 1. The highest BCUT2D eigenvalue weighted by Gasteiger charge is 2.26. The third kappa shape index (κ3) is 3.70. The minimum Gasteiger partial charge on any atom is -0.339 e. The van der Waals surface area contributed by atoms with Crippen LogP contribution in [-0.2, 0) is 4.79 Å². The predicted molar refractivity (Wildman–Crippen MR) is 92.7 cm³/mol. The number of benzene rings is 1. The Morgan fingerprint density at radius 2 is 2.13 bits per heavy atom. The van der Waals surface area contributed by atoms with E-state index < -0.39 is 0 Å². The van der Waals surface area contributed by atoms with Gasteiger partial charge in [0.25, 0.3) is 5.91 Å². The van der Waals surface area contributed by atoms with Crippen molar-refractivity contribution in [1.82, 2.24) is 4.90 Å². The lowest BCUT2D eigenvalue weighted by Gasteiger charge is -2.33. The van der Waals surface area contributed by atoms with Crippen LogP contribution >= 0.6 is 11.8 Å². The SMILES string of the molecule is CC(N)C1CCN(C(=O)c2ccc3c(c2)NC(=O)CCS3)CC1. The van der Waals surface area contributed by atoms with E-state index in [9.17, 15) is 9.59 Å². The van der Waals surface area contributed by atoms with Crippen LogP contribution in [0.2, 0.25) is 0 Å². The minimum absolute atomic E-state index is 0.0126. The Labute approximate surface area is 141 Å². The van der Waals surface area contributed by atoms with Crippen LogP contribution in [0.5, 0.6) is 0 Å². The molecule has 6 heteroatoms. The number of likely N-dealkylation sites (tertiary alicyclic amines) is 1. The molecule has 1 aromatic rings. The number of carbonyl (C=O) groups is 2. The van der Waals surface area contributed by atoms with E-state index in [0.29, 0.717) is 17.9 Å². The van der Waals surface area contributed by atoms with E-state index in [0.717, 1.165) is 42.3 Å². The Kier molecular flexibility index (Phi) is 4.92. The lowest BCUT2D eigenvalue weighted by Crippen LogP contribution is -2.42. The van der Waals surface area contributed by atoms with E-state index >= 15 is 0 Å². The minimum atomic E-state index is 0.0126. The molecule has 1 saturated heterocycles. The number of rotatable bonds is 2. The van der Waals surface area contributed by atoms with Gasteiger partial charge < -0.3 is 16.0 Å². The number of nitrogens with one attached hydrogen (secondary N) is 1. The topological polar surface area (TPSA) is 75.4 Å². The standard InChI is InChI=1S/C17H23N3O2S/c1-11(18)12-4-7-20(8-5-12)17(22)13-2-3-15-14(10-13)19-16(21)6-9-23-15/h2-3,10-12H,4-9,18H2,1H3,(H,19,21). The highest BCUT2D eigenvalue weighted by Crippen LogP contribution is 2.32. The van der Waals surface area contributed by atoms with E-state index in [1.165, 1.54) is 0 Å². The number of hydrogen-bond donors (Lipinski definition) is 2. The Hall–Kier alpha value is -1.53. The number of nitrogens with two attached hydrogens (primary N) is 1. The lowest BCUT2D eigenvalue weighted by molar-refractivity contribution is -0.115. The summed E-state index contributed by atoms with van der Waals surface area (Å²) in [5.41, 5.74) is 7.36. The van der Waals surface area contributed by atoms with Crippen molar-refractivity contribution in [3.8, 4) is 0 Å². The Bertz CT molecular complexity index is 610. The van der Waals surface area contributed by atoms with Gasteiger partial charge in [-0.05, 0) is 43.9 Å². The Morgan fingerprint density at radius 3 is 2.83 bits per heavy atom. The van der Waals surface area contributed by atoms with Gasteiger partial charge in [-0.25, -0.2) is 0 Å². The molecule has 2 heterocycles. The molecule has 0 saturated carbocycles. The van der Waals surface area contributed by atoms with Gasteiger partial charge in [0.1, 0.15) is 0 Å². The molecule has 0 bridgehead atoms. The molecule has 0 spiro atoms. The molecule has 0 aromatic heterocycles. The summed E-state index contributed by atoms with van der Waals surface area (Å²) in [6.07, 6.45) is 2.43. The van der Waals surface area contributed by atoms with Gasteiger partial charge in [-0.3, -0.25) is 9.59 Å². The van der Waals surface area contributed by atoms with Gasteiger partial charge in [-0.2, -0.15) is 0 Å². The molecule has 1 aromatic carbocycles. The number of hydrogen-bond acceptors (Lipinski definition) is 4. The summed E-state index contributed by atoms with van der Waals surface area (Å²) in [7, 11) is 0. The molecule has 5 nitrogen and oxygen atoms in total. The van der Waals surface area contributed by atoms with Gasteiger partial charge in [0, 0.05) is 41.8 Å². The van der Waals surface area contributed by atoms with Crippen molar-refractivity contribution in [3.63, 3.8) is 0 Å². The van der Waals surface area contributed by atoms with Crippen LogP contribution in [0.25, 0.3) is 0 Å². The summed E-state index contributed by atoms with van der Waals surface area (Å²) in [5.74, 6) is 1.33. The van der Waals surface area contributed by atoms with Gasteiger partial charge in [0.15, 0.2) is 0 Å². The number of piperidine rings is 1. The summed E-state index contributed by atoms with van der Waals surface area (Å²) in [5, 5.41) is 2.90. The molecule has 1 unspecified atom stereocenters. The first-order valence-electron chi connectivity index (χ1n) is 8.16. The second kappa shape index (κ2) is 6.93. The molecule has 3 N–H and O–H groups in total. The number of thioether (sulfide) groups is 1. The summed E-state index contributed by atoms with van der Waals surface area (Å²) in [6.45, 7) is 3.54. The van der Waals surface area contributed by atoms with Crippen LogP contribution in [0.4, 0.5) is 5.69 Å². The Morgan fingerprint density at radius 1 is 1.39 bits per heavy atom. The van der Waals surface area contributed by atoms with Crippen LogP contribution in [0, 0.1) is 5.92 Å². The summed E-state index contributed by atoms with van der Waals surface area (Å²) in [6, 6.07) is 5.80. The van der Waals surface area contributed by atoms with Gasteiger partial charge >= 0.3 is 0 Å². The van der Waals surface area contributed by atoms with E-state index in [4.69, 9.17) is 5.73 Å². The maximum Gasteiger partial charge on any atom is 0.253 e. The molecule has 2 amide bonds. The molecular formula is C17H23N3O2S. The van der Waals surface area contributed by atoms with E-state index in [-0.39, 0.29) is 17.9 Å². The maximum absolute atomic E-state index is 12.7. The summed E-state index contributed by atoms with van der Waals surface area (Å²) in [4.78, 5) is 27.3. The van der Waals surface area contributed by atoms with Gasteiger partial charge in [0.05, 0.1) is 5.69 Å². The lowest BCUT2D eigenvalue weighted by atomic mass is 9.90. The third-order valence-electron chi connectivity index (χ3n) is 4.66. The molecular weight excluding hydrogens is 310 g/mol. The van der Waals surface area contributed by atoms with Crippen LogP contribution in [-0.4, -0.2) is 41.6 Å². The van der Waals surface area contributed by atoms with Crippen LogP contribution in [0.3, 0.4) is 0 Å². The van der Waals surface area contributed by atoms with Gasteiger partial charge in [0.2, 0.25) is 5.91 Å². The first kappa shape index (κ1) is 16.3. The van der Waals surface area contributed by atoms with E-state index in [1.54, 1.807) is 11.8 Å². The second-order valence-corrected chi connectivity index (χ2v) is 7.48. The molecule has 23 heavy (non-hydrogen) atoms. The van der Waals surface area contributed by atoms with Crippen LogP contribution < -0.4 is 11.1 Å². The predicted octanol–water partition coefficient (Wildman–Crippen LogP) is 2.32. The fraction of sp³-hybridized carbons (Fsp3) is 0.529. The smallest absolute Gasteiger partial charge is 0.253 e. The maximum atomic E-state index is 12.7. The number of amides is 2. The van der Waals surface area contributed by atoms with Crippen LogP contribution in [0.15, 0.2) is 23.1 Å². The first-order valence-corrected chi connectivity index (χ1v) is 9.14. The average molecular weight is 333 g/mol. The largest absolute Gasteiger partial charge is 0.339 e. The van der Waals surface area contributed by atoms with Crippen molar-refractivity contribution in [2.24, 2.45) is 11.7 Å². The average Bonchev–Trinajstić information content (AvgIpc) is 2.74. The van der Waals surface area contributed by atoms with Crippen molar-refractivity contribution in [3.05, 3.63) is 23.8 Å². The highest BCUT2D eigenvalue weighted by atomic mass is 32.2. The molecule has 124 valence electrons. The molecule has 1 atom stereocenters. The monoisotopic (exact) mass is 333 g/mol. The number of nitrogens with zero attached hydrogens (tertiary/aromatic N) is 1. The summed E-state index contributed by atoms with van der Waals surface area (Å²) < 4.78 is 0. The summed E-state index contributed by atoms with van der Waals surface area (Å²) >= 11 is 1.65. The zero-order chi connectivity index (χ0) is 16.4.